The summed E-state index contributed by atoms with van der Waals surface area (Å²) in [6, 6.07) is 14.0. The Balaban J connectivity index is 1.90. The number of nitrogens with one attached hydrogen (secondary N) is 2. The number of carbonyl (C=O) groups is 2. The Morgan fingerprint density at radius 1 is 1.10 bits per heavy atom. The minimum absolute atomic E-state index is 0.0975. The molecule has 0 atom stereocenters. The van der Waals surface area contributed by atoms with Crippen LogP contribution in [-0.2, 0) is 4.79 Å². The van der Waals surface area contributed by atoms with Crippen molar-refractivity contribution < 1.29 is 9.59 Å². The van der Waals surface area contributed by atoms with Crippen molar-refractivity contribution in [3.63, 3.8) is 0 Å². The minimum Gasteiger partial charge on any atom is -0.343 e. The van der Waals surface area contributed by atoms with E-state index in [0.717, 1.165) is 5.56 Å². The van der Waals surface area contributed by atoms with Crippen LogP contribution in [0.2, 0.25) is 5.02 Å². The number of benzene rings is 2. The molecule has 2 aromatic rings. The molecule has 2 N–H and O–H groups in total. The van der Waals surface area contributed by atoms with E-state index in [0.29, 0.717) is 16.3 Å². The summed E-state index contributed by atoms with van der Waals surface area (Å²) in [7, 11) is 0. The average molecular weight is 303 g/mol. The molecule has 0 spiro atoms. The second kappa shape index (κ2) is 6.90. The van der Waals surface area contributed by atoms with Crippen molar-refractivity contribution in [2.24, 2.45) is 0 Å². The van der Waals surface area contributed by atoms with Gasteiger partial charge in [0.1, 0.15) is 0 Å². The average Bonchev–Trinajstić information content (AvgIpc) is 2.45. The third kappa shape index (κ3) is 4.33. The molecule has 108 valence electrons. The van der Waals surface area contributed by atoms with Crippen molar-refractivity contribution in [3.05, 3.63) is 64.7 Å². The number of carbonyl (C=O) groups excluding carboxylic acids is 2. The van der Waals surface area contributed by atoms with Gasteiger partial charge in [0.05, 0.1) is 6.54 Å². The smallest absolute Gasteiger partial charge is 0.251 e. The number of hydrogen-bond donors (Lipinski definition) is 2. The summed E-state index contributed by atoms with van der Waals surface area (Å²) in [4.78, 5) is 23.7. The number of rotatable bonds is 4. The van der Waals surface area contributed by atoms with Crippen molar-refractivity contribution in [2.45, 2.75) is 6.92 Å². The SMILES string of the molecule is Cc1ccccc1C(=O)NCC(=O)Nc1cccc(Cl)c1. The van der Waals surface area contributed by atoms with Gasteiger partial charge in [-0.25, -0.2) is 0 Å². The van der Waals surface area contributed by atoms with Crippen LogP contribution in [0.15, 0.2) is 48.5 Å². The zero-order valence-electron chi connectivity index (χ0n) is 11.5. The van der Waals surface area contributed by atoms with Gasteiger partial charge < -0.3 is 10.6 Å². The highest BCUT2D eigenvalue weighted by atomic mass is 35.5. The Kier molecular flexibility index (Phi) is 4.95. The lowest BCUT2D eigenvalue weighted by Crippen LogP contribution is -2.33. The van der Waals surface area contributed by atoms with Crippen LogP contribution in [0.3, 0.4) is 0 Å². The van der Waals surface area contributed by atoms with E-state index in [1.807, 2.05) is 19.1 Å². The predicted octanol–water partition coefficient (Wildman–Crippen LogP) is 3.02. The summed E-state index contributed by atoms with van der Waals surface area (Å²) in [5.41, 5.74) is 2.02. The van der Waals surface area contributed by atoms with Crippen molar-refractivity contribution in [1.29, 1.82) is 0 Å². The van der Waals surface area contributed by atoms with Crippen LogP contribution < -0.4 is 10.6 Å². The minimum atomic E-state index is -0.306. The highest BCUT2D eigenvalue weighted by Crippen LogP contribution is 2.14. The van der Waals surface area contributed by atoms with E-state index >= 15 is 0 Å². The molecule has 2 rings (SSSR count). The second-order valence-electron chi connectivity index (χ2n) is 4.56. The maximum atomic E-state index is 12.0. The van der Waals surface area contributed by atoms with Crippen LogP contribution in [-0.4, -0.2) is 18.4 Å². The van der Waals surface area contributed by atoms with Crippen molar-refractivity contribution in [3.8, 4) is 0 Å². The summed E-state index contributed by atoms with van der Waals surface area (Å²) in [5.74, 6) is -0.575. The quantitative estimate of drug-likeness (QED) is 0.912. The molecule has 0 unspecified atom stereocenters. The topological polar surface area (TPSA) is 58.2 Å². The maximum Gasteiger partial charge on any atom is 0.251 e. The summed E-state index contributed by atoms with van der Waals surface area (Å²) >= 11 is 5.83. The number of amides is 2. The van der Waals surface area contributed by atoms with E-state index in [-0.39, 0.29) is 18.4 Å². The van der Waals surface area contributed by atoms with Gasteiger partial charge in [-0.3, -0.25) is 9.59 Å². The van der Waals surface area contributed by atoms with E-state index < -0.39 is 0 Å². The standard InChI is InChI=1S/C16H15ClN2O2/c1-11-5-2-3-8-14(11)16(21)18-10-15(20)19-13-7-4-6-12(17)9-13/h2-9H,10H2,1H3,(H,18,21)(H,19,20). The first kappa shape index (κ1) is 15.1. The molecule has 0 aliphatic rings. The van der Waals surface area contributed by atoms with Gasteiger partial charge in [-0.15, -0.1) is 0 Å². The summed E-state index contributed by atoms with van der Waals surface area (Å²) < 4.78 is 0. The van der Waals surface area contributed by atoms with E-state index in [9.17, 15) is 9.59 Å². The fraction of sp³-hybridized carbons (Fsp3) is 0.125. The van der Waals surface area contributed by atoms with Crippen molar-refractivity contribution >= 4 is 29.1 Å². The van der Waals surface area contributed by atoms with E-state index in [2.05, 4.69) is 10.6 Å². The number of anilines is 1. The molecular formula is C16H15ClN2O2. The molecule has 21 heavy (non-hydrogen) atoms. The molecule has 0 aliphatic carbocycles. The molecule has 0 fully saturated rings. The molecule has 2 aromatic carbocycles. The third-order valence-electron chi connectivity index (χ3n) is 2.91. The second-order valence-corrected chi connectivity index (χ2v) is 4.99. The monoisotopic (exact) mass is 302 g/mol. The third-order valence-corrected chi connectivity index (χ3v) is 3.14. The largest absolute Gasteiger partial charge is 0.343 e. The van der Waals surface area contributed by atoms with Gasteiger partial charge in [0, 0.05) is 16.3 Å². The Hall–Kier alpha value is -2.33. The Morgan fingerprint density at radius 2 is 1.86 bits per heavy atom. The molecule has 0 radical (unpaired) electrons. The Morgan fingerprint density at radius 3 is 2.57 bits per heavy atom. The van der Waals surface area contributed by atoms with Gasteiger partial charge in [0.2, 0.25) is 5.91 Å². The van der Waals surface area contributed by atoms with E-state index in [1.165, 1.54) is 0 Å². The lowest BCUT2D eigenvalue weighted by Gasteiger charge is -2.08. The fourth-order valence-electron chi connectivity index (χ4n) is 1.85. The highest BCUT2D eigenvalue weighted by Gasteiger charge is 2.10. The Labute approximate surface area is 128 Å². The molecule has 0 saturated carbocycles. The van der Waals surface area contributed by atoms with Gasteiger partial charge in [-0.05, 0) is 36.8 Å². The molecular weight excluding hydrogens is 288 g/mol. The van der Waals surface area contributed by atoms with Crippen LogP contribution in [0.4, 0.5) is 5.69 Å². The van der Waals surface area contributed by atoms with Crippen LogP contribution in [0, 0.1) is 6.92 Å². The summed E-state index contributed by atoms with van der Waals surface area (Å²) in [5, 5.41) is 5.80. The van der Waals surface area contributed by atoms with Crippen molar-refractivity contribution in [1.82, 2.24) is 5.32 Å². The van der Waals surface area contributed by atoms with Crippen LogP contribution >= 0.6 is 11.6 Å². The molecule has 4 nitrogen and oxygen atoms in total. The zero-order chi connectivity index (χ0) is 15.2. The van der Waals surface area contributed by atoms with Crippen LogP contribution in [0.25, 0.3) is 0 Å². The van der Waals surface area contributed by atoms with E-state index in [4.69, 9.17) is 11.6 Å². The Bertz CT molecular complexity index is 671. The first-order valence-corrected chi connectivity index (χ1v) is 6.83. The number of halogens is 1. The lowest BCUT2D eigenvalue weighted by atomic mass is 10.1. The van der Waals surface area contributed by atoms with E-state index in [1.54, 1.807) is 36.4 Å². The predicted molar refractivity (Wildman–Crippen MR) is 83.6 cm³/mol. The fourth-order valence-corrected chi connectivity index (χ4v) is 2.05. The summed E-state index contributed by atoms with van der Waals surface area (Å²) in [6.07, 6.45) is 0. The van der Waals surface area contributed by atoms with Gasteiger partial charge in [0.25, 0.3) is 5.91 Å². The molecule has 0 bridgehead atoms. The molecule has 0 heterocycles. The summed E-state index contributed by atoms with van der Waals surface area (Å²) in [6.45, 7) is 1.75. The maximum absolute atomic E-state index is 12.0. The molecule has 2 amide bonds. The van der Waals surface area contributed by atoms with Crippen LogP contribution in [0.5, 0.6) is 0 Å². The van der Waals surface area contributed by atoms with Crippen molar-refractivity contribution in [2.75, 3.05) is 11.9 Å². The molecule has 0 aromatic heterocycles. The molecule has 5 heteroatoms. The van der Waals surface area contributed by atoms with Gasteiger partial charge in [-0.2, -0.15) is 0 Å². The van der Waals surface area contributed by atoms with Gasteiger partial charge in [0.15, 0.2) is 0 Å². The first-order chi connectivity index (χ1) is 10.1. The highest BCUT2D eigenvalue weighted by molar-refractivity contribution is 6.30. The normalized spacial score (nSPS) is 10.0. The first-order valence-electron chi connectivity index (χ1n) is 6.45. The number of hydrogen-bond acceptors (Lipinski definition) is 2. The molecule has 0 saturated heterocycles. The van der Waals surface area contributed by atoms with Gasteiger partial charge in [-0.1, -0.05) is 35.9 Å². The zero-order valence-corrected chi connectivity index (χ0v) is 12.3. The van der Waals surface area contributed by atoms with Gasteiger partial charge >= 0.3 is 0 Å². The lowest BCUT2D eigenvalue weighted by molar-refractivity contribution is -0.115. The molecule has 0 aliphatic heterocycles. The number of aryl methyl sites for hydroxylation is 1. The van der Waals surface area contributed by atoms with Crippen LogP contribution in [0.1, 0.15) is 15.9 Å².